The Balaban J connectivity index is 2.94. The van der Waals surface area contributed by atoms with E-state index in [0.717, 1.165) is 0 Å². The molecule has 1 heterocycles. The van der Waals surface area contributed by atoms with Crippen LogP contribution in [0.25, 0.3) is 0 Å². The highest BCUT2D eigenvalue weighted by molar-refractivity contribution is 6.22. The van der Waals surface area contributed by atoms with Gasteiger partial charge in [0, 0.05) is 6.42 Å². The molecule has 0 bridgehead atoms. The molecule has 1 N–H and O–H groups in total. The van der Waals surface area contributed by atoms with Crippen molar-refractivity contribution in [1.29, 1.82) is 0 Å². The monoisotopic (exact) mass is 153 g/mol. The number of carbonyl (C=O) groups excluding carboxylic acids is 1. The summed E-state index contributed by atoms with van der Waals surface area (Å²) in [5, 5.41) is 8.53. The normalized spacial score (nSPS) is 17.4. The second-order valence-corrected chi connectivity index (χ2v) is 2.22. The van der Waals surface area contributed by atoms with Crippen LogP contribution in [0.5, 0.6) is 0 Å². The Labute approximate surface area is 63.2 Å². The van der Waals surface area contributed by atoms with Crippen molar-refractivity contribution in [1.82, 2.24) is 0 Å². The molecule has 0 aliphatic carbocycles. The Bertz CT molecular complexity index is 275. The van der Waals surface area contributed by atoms with Crippen LogP contribution in [0.15, 0.2) is 16.6 Å². The van der Waals surface area contributed by atoms with Crippen molar-refractivity contribution in [2.75, 3.05) is 0 Å². The number of carboxylic acids is 1. The zero-order chi connectivity index (χ0) is 8.43. The van der Waals surface area contributed by atoms with Crippen molar-refractivity contribution in [2.24, 2.45) is 4.99 Å². The van der Waals surface area contributed by atoms with E-state index in [1.807, 2.05) is 0 Å². The van der Waals surface area contributed by atoms with Gasteiger partial charge in [-0.2, -0.15) is 0 Å². The molecule has 0 aromatic rings. The van der Waals surface area contributed by atoms with Crippen molar-refractivity contribution in [2.45, 2.75) is 13.3 Å². The lowest BCUT2D eigenvalue weighted by molar-refractivity contribution is -0.132. The first-order chi connectivity index (χ1) is 5.11. The van der Waals surface area contributed by atoms with E-state index in [-0.39, 0.29) is 23.6 Å². The molecule has 1 amide bonds. The number of nitrogens with zero attached hydrogens (tertiary/aromatic N) is 1. The van der Waals surface area contributed by atoms with Gasteiger partial charge in [-0.05, 0) is 6.92 Å². The first-order valence-electron chi connectivity index (χ1n) is 3.13. The van der Waals surface area contributed by atoms with Crippen LogP contribution in [-0.2, 0) is 9.59 Å². The minimum Gasteiger partial charge on any atom is -0.478 e. The molecule has 0 saturated carbocycles. The Morgan fingerprint density at radius 2 is 2.36 bits per heavy atom. The van der Waals surface area contributed by atoms with Crippen molar-refractivity contribution >= 4 is 17.6 Å². The molecule has 4 heteroatoms. The van der Waals surface area contributed by atoms with E-state index >= 15 is 0 Å². The summed E-state index contributed by atoms with van der Waals surface area (Å²) in [6.07, 6.45) is 1.48. The first-order valence-corrected chi connectivity index (χ1v) is 3.13. The standard InChI is InChI=1S/C7H7NO3/c1-4-5(7(10)11)2-3-6(9)8-4/h2H,3H2,1H3,(H,10,11). The maximum atomic E-state index is 10.6. The highest BCUT2D eigenvalue weighted by Crippen LogP contribution is 2.07. The summed E-state index contributed by atoms with van der Waals surface area (Å²) in [5.41, 5.74) is 0.415. The van der Waals surface area contributed by atoms with E-state index in [1.165, 1.54) is 13.0 Å². The predicted molar refractivity (Wildman–Crippen MR) is 38.5 cm³/mol. The minimum absolute atomic E-state index is 0.0962. The first kappa shape index (κ1) is 7.65. The highest BCUT2D eigenvalue weighted by Gasteiger charge is 2.16. The van der Waals surface area contributed by atoms with Gasteiger partial charge < -0.3 is 5.11 Å². The molecule has 0 radical (unpaired) electrons. The van der Waals surface area contributed by atoms with Gasteiger partial charge in [0.1, 0.15) is 0 Å². The molecule has 0 unspecified atom stereocenters. The van der Waals surface area contributed by atoms with Crippen molar-refractivity contribution in [3.63, 3.8) is 0 Å². The third kappa shape index (κ3) is 1.52. The number of aliphatic carboxylic acids is 1. The summed E-state index contributed by atoms with van der Waals surface area (Å²) in [4.78, 5) is 24.5. The molecule has 58 valence electrons. The van der Waals surface area contributed by atoms with E-state index in [4.69, 9.17) is 5.11 Å². The molecule has 0 saturated heterocycles. The van der Waals surface area contributed by atoms with Gasteiger partial charge in [0.15, 0.2) is 0 Å². The number of dihydropyridines is 1. The summed E-state index contributed by atoms with van der Waals surface area (Å²) >= 11 is 0. The van der Waals surface area contributed by atoms with Crippen molar-refractivity contribution in [3.05, 3.63) is 11.6 Å². The van der Waals surface area contributed by atoms with Gasteiger partial charge >= 0.3 is 5.97 Å². The topological polar surface area (TPSA) is 66.7 Å². The minimum atomic E-state index is -1.03. The van der Waals surface area contributed by atoms with Gasteiger partial charge in [-0.1, -0.05) is 6.08 Å². The number of rotatable bonds is 1. The Hall–Kier alpha value is -1.45. The van der Waals surface area contributed by atoms with Crippen LogP contribution >= 0.6 is 0 Å². The molecule has 0 aromatic carbocycles. The van der Waals surface area contributed by atoms with E-state index < -0.39 is 5.97 Å². The van der Waals surface area contributed by atoms with Crippen LogP contribution in [-0.4, -0.2) is 22.7 Å². The number of hydrogen-bond donors (Lipinski definition) is 1. The molecule has 11 heavy (non-hydrogen) atoms. The fourth-order valence-electron chi connectivity index (χ4n) is 0.872. The van der Waals surface area contributed by atoms with Crippen molar-refractivity contribution < 1.29 is 14.7 Å². The zero-order valence-electron chi connectivity index (χ0n) is 6.00. The van der Waals surface area contributed by atoms with Gasteiger partial charge in [0.2, 0.25) is 5.91 Å². The lowest BCUT2D eigenvalue weighted by Gasteiger charge is -2.05. The van der Waals surface area contributed by atoms with E-state index in [0.29, 0.717) is 0 Å². The van der Waals surface area contributed by atoms with Gasteiger partial charge in [-0.3, -0.25) is 4.79 Å². The molecule has 0 spiro atoms. The van der Waals surface area contributed by atoms with Crippen molar-refractivity contribution in [3.8, 4) is 0 Å². The molecule has 1 rings (SSSR count). The molecule has 0 aromatic heterocycles. The van der Waals surface area contributed by atoms with Crippen LogP contribution in [0.2, 0.25) is 0 Å². The maximum Gasteiger partial charge on any atom is 0.337 e. The van der Waals surface area contributed by atoms with Gasteiger partial charge in [0.25, 0.3) is 0 Å². The molecular weight excluding hydrogens is 146 g/mol. The quantitative estimate of drug-likeness (QED) is 0.592. The number of amides is 1. The second kappa shape index (κ2) is 2.65. The summed E-state index contributed by atoms with van der Waals surface area (Å²) in [5.74, 6) is -1.31. The van der Waals surface area contributed by atoms with Crippen LogP contribution in [0.1, 0.15) is 13.3 Å². The molecule has 0 atom stereocenters. The third-order valence-electron chi connectivity index (χ3n) is 1.39. The van der Waals surface area contributed by atoms with Crippen LogP contribution in [0.4, 0.5) is 0 Å². The van der Waals surface area contributed by atoms with Gasteiger partial charge in [-0.25, -0.2) is 9.79 Å². The summed E-state index contributed by atoms with van der Waals surface area (Å²) in [6, 6.07) is 0. The van der Waals surface area contributed by atoms with E-state index in [2.05, 4.69) is 4.99 Å². The number of aliphatic imine (C=N–C) groups is 1. The largest absolute Gasteiger partial charge is 0.478 e. The zero-order valence-corrected chi connectivity index (χ0v) is 6.00. The Morgan fingerprint density at radius 1 is 1.73 bits per heavy atom. The van der Waals surface area contributed by atoms with E-state index in [9.17, 15) is 9.59 Å². The lowest BCUT2D eigenvalue weighted by Crippen LogP contribution is -2.15. The Morgan fingerprint density at radius 3 is 2.82 bits per heavy atom. The van der Waals surface area contributed by atoms with Crippen LogP contribution in [0.3, 0.4) is 0 Å². The molecule has 0 fully saturated rings. The fraction of sp³-hybridized carbons (Fsp3) is 0.286. The average molecular weight is 153 g/mol. The number of carboxylic acid groups (broad SMARTS) is 1. The van der Waals surface area contributed by atoms with Crippen LogP contribution < -0.4 is 0 Å². The summed E-state index contributed by atoms with van der Waals surface area (Å²) < 4.78 is 0. The van der Waals surface area contributed by atoms with Crippen LogP contribution in [0, 0.1) is 0 Å². The smallest absolute Gasteiger partial charge is 0.337 e. The van der Waals surface area contributed by atoms with Gasteiger partial charge in [0.05, 0.1) is 11.3 Å². The highest BCUT2D eigenvalue weighted by atomic mass is 16.4. The fourth-order valence-corrected chi connectivity index (χ4v) is 0.872. The van der Waals surface area contributed by atoms with Gasteiger partial charge in [-0.15, -0.1) is 0 Å². The summed E-state index contributed by atoms with van der Waals surface area (Å²) in [7, 11) is 0. The molecular formula is C7H7NO3. The maximum absolute atomic E-state index is 10.6. The third-order valence-corrected chi connectivity index (χ3v) is 1.39. The van der Waals surface area contributed by atoms with E-state index in [1.54, 1.807) is 0 Å². The number of carbonyl (C=O) groups is 2. The predicted octanol–water partition coefficient (Wildman–Crippen LogP) is 0.389. The molecule has 1 aliphatic heterocycles. The lowest BCUT2D eigenvalue weighted by atomic mass is 10.1. The average Bonchev–Trinajstić information content (AvgIpc) is 1.85. The molecule has 4 nitrogen and oxygen atoms in total. The Kier molecular flexibility index (Phi) is 1.85. The number of hydrogen-bond acceptors (Lipinski definition) is 2. The summed E-state index contributed by atoms with van der Waals surface area (Å²) in [6.45, 7) is 1.51. The molecule has 1 aliphatic rings. The second-order valence-electron chi connectivity index (χ2n) is 2.22. The SMILES string of the molecule is CC1=NC(=O)CC=C1C(=O)O.